The molecule has 0 spiro atoms. The topological polar surface area (TPSA) is 24.1 Å². The van der Waals surface area contributed by atoms with E-state index >= 15 is 0 Å². The summed E-state index contributed by atoms with van der Waals surface area (Å²) in [4.78, 5) is 0. The Bertz CT molecular complexity index is 351. The molecule has 86 valence electrons. The summed E-state index contributed by atoms with van der Waals surface area (Å²) in [5.41, 5.74) is 1.03. The first-order valence-electron chi connectivity index (χ1n) is 6.08. The minimum atomic E-state index is -0.170. The molecule has 2 fully saturated rings. The largest absolute Gasteiger partial charge is 0.382 e. The third-order valence-corrected chi connectivity index (χ3v) is 3.69. The molecule has 0 aliphatic carbocycles. The molecule has 3 rings (SSSR count). The van der Waals surface area contributed by atoms with Crippen LogP contribution in [0.15, 0.2) is 24.3 Å². The summed E-state index contributed by atoms with van der Waals surface area (Å²) < 4.78 is 12.8. The predicted molar refractivity (Wildman–Crippen MR) is 63.0 cm³/mol. The summed E-state index contributed by atoms with van der Waals surface area (Å²) in [7, 11) is 0. The van der Waals surface area contributed by atoms with Gasteiger partial charge in [-0.1, -0.05) is 0 Å². The molecule has 2 heterocycles. The van der Waals surface area contributed by atoms with E-state index < -0.39 is 0 Å². The maximum atomic E-state index is 12.8. The number of hydrogen-bond donors (Lipinski definition) is 2. The van der Waals surface area contributed by atoms with Gasteiger partial charge in [-0.2, -0.15) is 0 Å². The van der Waals surface area contributed by atoms with Gasteiger partial charge in [-0.3, -0.25) is 0 Å². The zero-order valence-electron chi connectivity index (χ0n) is 9.25. The molecule has 3 atom stereocenters. The van der Waals surface area contributed by atoms with Crippen LogP contribution in [0.25, 0.3) is 0 Å². The highest BCUT2D eigenvalue weighted by Gasteiger charge is 2.33. The Morgan fingerprint density at radius 3 is 2.31 bits per heavy atom. The molecule has 2 bridgehead atoms. The second kappa shape index (κ2) is 4.06. The van der Waals surface area contributed by atoms with Crippen LogP contribution >= 0.6 is 0 Å². The van der Waals surface area contributed by atoms with E-state index in [2.05, 4.69) is 10.6 Å². The minimum Gasteiger partial charge on any atom is -0.382 e. The third-order valence-electron chi connectivity index (χ3n) is 3.69. The molecule has 3 heteroatoms. The van der Waals surface area contributed by atoms with Crippen molar-refractivity contribution in [2.24, 2.45) is 0 Å². The van der Waals surface area contributed by atoms with Gasteiger partial charge in [0.25, 0.3) is 0 Å². The predicted octanol–water partition coefficient (Wildman–Crippen LogP) is 2.52. The Morgan fingerprint density at radius 1 is 1.06 bits per heavy atom. The van der Waals surface area contributed by atoms with Crippen molar-refractivity contribution in [1.82, 2.24) is 5.32 Å². The fourth-order valence-corrected chi connectivity index (χ4v) is 2.96. The summed E-state index contributed by atoms with van der Waals surface area (Å²) in [6.07, 6.45) is 5.00. The first kappa shape index (κ1) is 10.1. The van der Waals surface area contributed by atoms with Gasteiger partial charge < -0.3 is 10.6 Å². The quantitative estimate of drug-likeness (QED) is 0.800. The van der Waals surface area contributed by atoms with Crippen molar-refractivity contribution in [1.29, 1.82) is 0 Å². The maximum Gasteiger partial charge on any atom is 0.123 e. The Morgan fingerprint density at radius 2 is 1.69 bits per heavy atom. The van der Waals surface area contributed by atoms with E-state index in [-0.39, 0.29) is 5.82 Å². The lowest BCUT2D eigenvalue weighted by Crippen LogP contribution is -2.43. The molecule has 0 saturated carbocycles. The Labute approximate surface area is 95.2 Å². The molecule has 2 saturated heterocycles. The Hall–Kier alpha value is -1.09. The molecule has 0 radical (unpaired) electrons. The van der Waals surface area contributed by atoms with Crippen molar-refractivity contribution < 1.29 is 4.39 Å². The van der Waals surface area contributed by atoms with Crippen molar-refractivity contribution in [2.75, 3.05) is 5.32 Å². The highest BCUT2D eigenvalue weighted by Crippen LogP contribution is 2.28. The maximum absolute atomic E-state index is 12.8. The van der Waals surface area contributed by atoms with Gasteiger partial charge in [0.1, 0.15) is 5.82 Å². The fraction of sp³-hybridized carbons (Fsp3) is 0.538. The lowest BCUT2D eigenvalue weighted by atomic mass is 9.99. The van der Waals surface area contributed by atoms with E-state index in [1.165, 1.54) is 37.8 Å². The standard InChI is InChI=1S/C13H17FN2/c14-9-1-3-10(4-2-9)15-13-7-11-5-6-12(8-13)16-11/h1-4,11-13,15-16H,5-8H2/t11-,12+,13+. The van der Waals surface area contributed by atoms with Crippen molar-refractivity contribution in [2.45, 2.75) is 43.8 Å². The molecule has 2 N–H and O–H groups in total. The molecule has 1 aromatic carbocycles. The van der Waals surface area contributed by atoms with Gasteiger partial charge >= 0.3 is 0 Å². The molecular formula is C13H17FN2. The molecule has 2 aliphatic heterocycles. The minimum absolute atomic E-state index is 0.170. The van der Waals surface area contributed by atoms with Crippen LogP contribution in [0.1, 0.15) is 25.7 Å². The van der Waals surface area contributed by atoms with Crippen LogP contribution < -0.4 is 10.6 Å². The van der Waals surface area contributed by atoms with Crippen LogP contribution in [0.3, 0.4) is 0 Å². The fourth-order valence-electron chi connectivity index (χ4n) is 2.96. The number of benzene rings is 1. The molecular weight excluding hydrogens is 203 g/mol. The van der Waals surface area contributed by atoms with Gasteiger partial charge in [0.05, 0.1) is 0 Å². The van der Waals surface area contributed by atoms with Crippen LogP contribution in [-0.4, -0.2) is 18.1 Å². The van der Waals surface area contributed by atoms with Crippen molar-refractivity contribution >= 4 is 5.69 Å². The van der Waals surface area contributed by atoms with E-state index in [1.807, 2.05) is 12.1 Å². The number of hydrogen-bond acceptors (Lipinski definition) is 2. The average molecular weight is 220 g/mol. The van der Waals surface area contributed by atoms with Gasteiger partial charge in [-0.05, 0) is 49.9 Å². The third kappa shape index (κ3) is 2.05. The molecule has 2 aliphatic rings. The number of halogens is 1. The van der Waals surface area contributed by atoms with Crippen LogP contribution in [0.5, 0.6) is 0 Å². The lowest BCUT2D eigenvalue weighted by molar-refractivity contribution is 0.378. The monoisotopic (exact) mass is 220 g/mol. The molecule has 0 unspecified atom stereocenters. The molecule has 0 aromatic heterocycles. The van der Waals surface area contributed by atoms with Crippen LogP contribution in [0.2, 0.25) is 0 Å². The number of nitrogens with one attached hydrogen (secondary N) is 2. The summed E-state index contributed by atoms with van der Waals surface area (Å²) in [6, 6.07) is 8.59. The Balaban J connectivity index is 1.64. The zero-order valence-corrected chi connectivity index (χ0v) is 9.25. The van der Waals surface area contributed by atoms with Crippen molar-refractivity contribution in [3.63, 3.8) is 0 Å². The summed E-state index contributed by atoms with van der Waals surface area (Å²) in [6.45, 7) is 0. The second-order valence-electron chi connectivity index (χ2n) is 4.96. The lowest BCUT2D eigenvalue weighted by Gasteiger charge is -2.30. The van der Waals surface area contributed by atoms with E-state index in [4.69, 9.17) is 0 Å². The summed E-state index contributed by atoms with van der Waals surface area (Å²) in [5, 5.41) is 7.12. The average Bonchev–Trinajstić information content (AvgIpc) is 2.62. The first-order valence-corrected chi connectivity index (χ1v) is 6.08. The van der Waals surface area contributed by atoms with Gasteiger partial charge in [-0.15, -0.1) is 0 Å². The summed E-state index contributed by atoms with van der Waals surface area (Å²) in [5.74, 6) is -0.170. The normalized spacial score (nSPS) is 32.7. The van der Waals surface area contributed by atoms with Crippen LogP contribution in [0.4, 0.5) is 10.1 Å². The smallest absolute Gasteiger partial charge is 0.123 e. The van der Waals surface area contributed by atoms with Gasteiger partial charge in [-0.25, -0.2) is 4.39 Å². The number of piperidine rings is 1. The summed E-state index contributed by atoms with van der Waals surface area (Å²) >= 11 is 0. The molecule has 2 nitrogen and oxygen atoms in total. The number of anilines is 1. The van der Waals surface area contributed by atoms with Crippen molar-refractivity contribution in [3.8, 4) is 0 Å². The van der Waals surface area contributed by atoms with Crippen molar-refractivity contribution in [3.05, 3.63) is 30.1 Å². The van der Waals surface area contributed by atoms with E-state index in [9.17, 15) is 4.39 Å². The molecule has 0 amide bonds. The first-order chi connectivity index (χ1) is 7.79. The van der Waals surface area contributed by atoms with Gasteiger partial charge in [0.2, 0.25) is 0 Å². The van der Waals surface area contributed by atoms with Gasteiger partial charge in [0, 0.05) is 23.8 Å². The number of rotatable bonds is 2. The second-order valence-corrected chi connectivity index (χ2v) is 4.96. The van der Waals surface area contributed by atoms with Crippen LogP contribution in [-0.2, 0) is 0 Å². The molecule has 16 heavy (non-hydrogen) atoms. The van der Waals surface area contributed by atoms with Gasteiger partial charge in [0.15, 0.2) is 0 Å². The Kier molecular flexibility index (Phi) is 2.56. The van der Waals surface area contributed by atoms with E-state index in [1.54, 1.807) is 0 Å². The van der Waals surface area contributed by atoms with E-state index in [0.717, 1.165) is 5.69 Å². The highest BCUT2D eigenvalue weighted by atomic mass is 19.1. The van der Waals surface area contributed by atoms with Crippen LogP contribution in [0, 0.1) is 5.82 Å². The van der Waals surface area contributed by atoms with E-state index in [0.29, 0.717) is 18.1 Å². The number of fused-ring (bicyclic) bond motifs is 2. The highest BCUT2D eigenvalue weighted by molar-refractivity contribution is 5.44. The SMILES string of the molecule is Fc1ccc(N[C@H]2C[C@H]3CC[C@@H](C2)N3)cc1. The zero-order chi connectivity index (χ0) is 11.0. The molecule has 1 aromatic rings.